The number of benzene rings is 1. The van der Waals surface area contributed by atoms with Crippen LogP contribution in [-0.4, -0.2) is 33.8 Å². The van der Waals surface area contributed by atoms with E-state index in [9.17, 15) is 8.78 Å². The normalized spacial score (nSPS) is 11.3. The molecule has 0 saturated carbocycles. The Bertz CT molecular complexity index is 841. The molecule has 4 nitrogen and oxygen atoms in total. The van der Waals surface area contributed by atoms with E-state index in [1.54, 1.807) is 10.8 Å². The van der Waals surface area contributed by atoms with Crippen molar-refractivity contribution in [2.24, 2.45) is 0 Å². The minimum Gasteiger partial charge on any atom is -0.483 e. The van der Waals surface area contributed by atoms with Gasteiger partial charge in [-0.3, -0.25) is 4.57 Å². The topological polar surface area (TPSA) is 39.9 Å². The molecule has 0 bridgehead atoms. The second-order valence-electron chi connectivity index (χ2n) is 4.63. The van der Waals surface area contributed by atoms with Gasteiger partial charge in [0.15, 0.2) is 5.75 Å². The fraction of sp³-hybridized carbons (Fsp3) is 0.200. The zero-order valence-corrected chi connectivity index (χ0v) is 13.6. The first-order valence-corrected chi connectivity index (χ1v) is 8.27. The molecule has 120 valence electrons. The minimum atomic E-state index is -2.54. The Labute approximate surface area is 140 Å². The molecule has 0 aliphatic carbocycles. The molecule has 8 heteroatoms. The zero-order valence-electron chi connectivity index (χ0n) is 12.0. The Balaban J connectivity index is 2.00. The van der Waals surface area contributed by atoms with E-state index in [0.717, 1.165) is 10.9 Å². The highest BCUT2D eigenvalue weighted by molar-refractivity contribution is 7.98. The lowest BCUT2D eigenvalue weighted by Crippen LogP contribution is -2.09. The molecule has 1 aromatic carbocycles. The molecular formula is C15H12ClF2N3OS. The van der Waals surface area contributed by atoms with Crippen molar-refractivity contribution < 1.29 is 13.5 Å². The first kappa shape index (κ1) is 16.0. The van der Waals surface area contributed by atoms with Crippen LogP contribution in [0.15, 0.2) is 41.7 Å². The van der Waals surface area contributed by atoms with Crippen molar-refractivity contribution in [2.45, 2.75) is 11.5 Å². The Morgan fingerprint density at radius 2 is 2.17 bits per heavy atom. The van der Waals surface area contributed by atoms with Crippen molar-refractivity contribution in [1.29, 1.82) is 0 Å². The monoisotopic (exact) mass is 355 g/mol. The van der Waals surface area contributed by atoms with Crippen molar-refractivity contribution in [2.75, 3.05) is 12.9 Å². The van der Waals surface area contributed by atoms with Crippen LogP contribution in [0.4, 0.5) is 8.78 Å². The van der Waals surface area contributed by atoms with Gasteiger partial charge in [-0.25, -0.2) is 18.7 Å². The van der Waals surface area contributed by atoms with Gasteiger partial charge in [-0.1, -0.05) is 17.7 Å². The highest BCUT2D eigenvalue weighted by Crippen LogP contribution is 2.28. The van der Waals surface area contributed by atoms with E-state index in [-0.39, 0.29) is 5.75 Å². The van der Waals surface area contributed by atoms with Gasteiger partial charge in [0.1, 0.15) is 11.6 Å². The van der Waals surface area contributed by atoms with Crippen LogP contribution >= 0.6 is 23.4 Å². The summed E-state index contributed by atoms with van der Waals surface area (Å²) in [6.07, 6.45) is 2.50. The number of ether oxygens (including phenoxy) is 1. The van der Waals surface area contributed by atoms with Crippen LogP contribution in [0.1, 0.15) is 0 Å². The molecule has 0 aliphatic heterocycles. The number of hydrogen-bond donors (Lipinski definition) is 0. The fourth-order valence-corrected chi connectivity index (χ4v) is 2.79. The average Bonchev–Trinajstić information content (AvgIpc) is 2.95. The third-order valence-electron chi connectivity index (χ3n) is 3.14. The summed E-state index contributed by atoms with van der Waals surface area (Å²) >= 11 is 7.35. The van der Waals surface area contributed by atoms with Gasteiger partial charge < -0.3 is 4.74 Å². The van der Waals surface area contributed by atoms with E-state index < -0.39 is 13.0 Å². The first-order valence-electron chi connectivity index (χ1n) is 6.67. The summed E-state index contributed by atoms with van der Waals surface area (Å²) in [6, 6.07) is 7.46. The fourth-order valence-electron chi connectivity index (χ4n) is 2.14. The maximum absolute atomic E-state index is 12.3. The molecule has 2 heterocycles. The number of halogens is 3. The van der Waals surface area contributed by atoms with Crippen LogP contribution in [-0.2, 0) is 0 Å². The molecule has 0 N–H and O–H groups in total. The maximum Gasteiger partial charge on any atom is 0.272 e. The number of nitrogens with zero attached hydrogens (tertiary/aromatic N) is 3. The summed E-state index contributed by atoms with van der Waals surface area (Å²) in [4.78, 5) is 8.61. The quantitative estimate of drug-likeness (QED) is 0.501. The van der Waals surface area contributed by atoms with Crippen molar-refractivity contribution >= 4 is 34.3 Å². The molecule has 23 heavy (non-hydrogen) atoms. The minimum absolute atomic E-state index is 0.246. The average molecular weight is 356 g/mol. The third-order valence-corrected chi connectivity index (χ3v) is 4.05. The summed E-state index contributed by atoms with van der Waals surface area (Å²) in [5, 5.41) is 2.11. The molecule has 0 radical (unpaired) electrons. The van der Waals surface area contributed by atoms with Crippen LogP contribution in [0.2, 0.25) is 5.02 Å². The molecule has 0 fully saturated rings. The van der Waals surface area contributed by atoms with Gasteiger partial charge >= 0.3 is 0 Å². The molecule has 0 unspecified atom stereocenters. The van der Waals surface area contributed by atoms with E-state index in [1.165, 1.54) is 18.0 Å². The van der Waals surface area contributed by atoms with Crippen molar-refractivity contribution in [1.82, 2.24) is 14.5 Å². The zero-order chi connectivity index (χ0) is 16.4. The maximum atomic E-state index is 12.3. The van der Waals surface area contributed by atoms with Crippen LogP contribution in [0.25, 0.3) is 16.9 Å². The Hall–Kier alpha value is -1.86. The van der Waals surface area contributed by atoms with Crippen LogP contribution in [0, 0.1) is 0 Å². The summed E-state index contributed by atoms with van der Waals surface area (Å²) < 4.78 is 31.4. The third kappa shape index (κ3) is 3.40. The summed E-state index contributed by atoms with van der Waals surface area (Å²) in [5.41, 5.74) is 0.866. The Morgan fingerprint density at radius 3 is 2.91 bits per heavy atom. The van der Waals surface area contributed by atoms with Gasteiger partial charge in [0, 0.05) is 16.6 Å². The number of thioether (sulfide) groups is 1. The second kappa shape index (κ2) is 6.72. The molecule has 3 rings (SSSR count). The van der Waals surface area contributed by atoms with Crippen molar-refractivity contribution in [3.8, 4) is 11.7 Å². The predicted octanol–water partition coefficient (Wildman–Crippen LogP) is 4.44. The molecule has 0 spiro atoms. The predicted molar refractivity (Wildman–Crippen MR) is 87.2 cm³/mol. The van der Waals surface area contributed by atoms with Gasteiger partial charge in [-0.2, -0.15) is 0 Å². The van der Waals surface area contributed by atoms with E-state index >= 15 is 0 Å². The number of alkyl halides is 2. The molecule has 2 aromatic heterocycles. The van der Waals surface area contributed by atoms with E-state index in [2.05, 4.69) is 9.97 Å². The standard InChI is InChI=1S/C15H12ClF2N3OS/c1-23-14-12(22-8-13(17)18)7-19-15(20-14)21-5-4-9-2-3-10(16)6-11(9)21/h2-7,13H,8H2,1H3. The lowest BCUT2D eigenvalue weighted by molar-refractivity contribution is 0.0799. The van der Waals surface area contributed by atoms with Gasteiger partial charge in [-0.05, 0) is 24.5 Å². The number of rotatable bonds is 5. The molecule has 0 aliphatic rings. The van der Waals surface area contributed by atoms with E-state index in [0.29, 0.717) is 16.0 Å². The van der Waals surface area contributed by atoms with E-state index in [1.807, 2.05) is 30.5 Å². The van der Waals surface area contributed by atoms with Crippen molar-refractivity contribution in [3.63, 3.8) is 0 Å². The number of fused-ring (bicyclic) bond motifs is 1. The van der Waals surface area contributed by atoms with Gasteiger partial charge in [0.05, 0.1) is 11.7 Å². The van der Waals surface area contributed by atoms with Gasteiger partial charge in [-0.15, -0.1) is 11.8 Å². The van der Waals surface area contributed by atoms with Crippen LogP contribution < -0.4 is 4.74 Å². The lowest BCUT2D eigenvalue weighted by atomic mass is 10.2. The Kier molecular flexibility index (Phi) is 4.68. The summed E-state index contributed by atoms with van der Waals surface area (Å²) in [7, 11) is 0. The number of hydrogen-bond acceptors (Lipinski definition) is 4. The van der Waals surface area contributed by atoms with Gasteiger partial charge in [0.25, 0.3) is 6.43 Å². The molecule has 0 amide bonds. The van der Waals surface area contributed by atoms with Crippen LogP contribution in [0.5, 0.6) is 5.75 Å². The van der Waals surface area contributed by atoms with E-state index in [4.69, 9.17) is 16.3 Å². The smallest absolute Gasteiger partial charge is 0.272 e. The second-order valence-corrected chi connectivity index (χ2v) is 5.87. The molecule has 0 atom stereocenters. The largest absolute Gasteiger partial charge is 0.483 e. The summed E-state index contributed by atoms with van der Waals surface area (Å²) in [5.74, 6) is 0.673. The van der Waals surface area contributed by atoms with Crippen molar-refractivity contribution in [3.05, 3.63) is 41.7 Å². The lowest BCUT2D eigenvalue weighted by Gasteiger charge is -2.10. The number of aromatic nitrogens is 3. The van der Waals surface area contributed by atoms with Gasteiger partial charge in [0.2, 0.25) is 5.95 Å². The van der Waals surface area contributed by atoms with Crippen LogP contribution in [0.3, 0.4) is 0 Å². The highest BCUT2D eigenvalue weighted by Gasteiger charge is 2.13. The molecular weight excluding hydrogens is 344 g/mol. The SMILES string of the molecule is CSc1nc(-n2ccc3ccc(Cl)cc32)ncc1OCC(F)F. The first-order chi connectivity index (χ1) is 11.1. The Morgan fingerprint density at radius 1 is 1.35 bits per heavy atom. The molecule has 3 aromatic rings. The highest BCUT2D eigenvalue weighted by atomic mass is 35.5. The molecule has 0 saturated heterocycles. The summed E-state index contributed by atoms with van der Waals surface area (Å²) in [6.45, 7) is -0.682.